The van der Waals surface area contributed by atoms with Gasteiger partial charge in [-0.1, -0.05) is 193 Å². The minimum atomic E-state index is -1.66. The Labute approximate surface area is 370 Å². The fraction of sp³-hybridized carbons (Fsp3) is 0.898. The van der Waals surface area contributed by atoms with Crippen molar-refractivity contribution in [1.29, 1.82) is 0 Å². The minimum absolute atomic E-state index is 0.259. The average molecular weight is 872 g/mol. The van der Waals surface area contributed by atoms with Crippen molar-refractivity contribution in [2.24, 2.45) is 0 Å². The van der Waals surface area contributed by atoms with Crippen LogP contribution >= 0.6 is 0 Å². The fourth-order valence-corrected chi connectivity index (χ4v) is 7.94. The van der Waals surface area contributed by atoms with Crippen molar-refractivity contribution in [1.82, 2.24) is 5.32 Å². The van der Waals surface area contributed by atoms with E-state index in [1.54, 1.807) is 19.1 Å². The number of hydrogen-bond acceptors (Lipinski definition) is 11. The second-order valence-corrected chi connectivity index (χ2v) is 17.9. The maximum Gasteiger partial charge on any atom is 0.249 e. The smallest absolute Gasteiger partial charge is 0.249 e. The number of nitrogens with one attached hydrogen (secondary N) is 1. The Morgan fingerprint density at radius 3 is 1.56 bits per heavy atom. The molecule has 1 rings (SSSR count). The molecule has 0 spiro atoms. The number of carbonyl (C=O) groups excluding carboxylic acids is 1. The zero-order valence-corrected chi connectivity index (χ0v) is 38.7. The molecule has 0 aliphatic carbocycles. The minimum Gasteiger partial charge on any atom is -0.394 e. The molecule has 61 heavy (non-hydrogen) atoms. The molecule has 1 fully saturated rings. The summed E-state index contributed by atoms with van der Waals surface area (Å²) in [5.41, 5.74) is 0.669. The molecule has 0 bridgehead atoms. The molecule has 1 aliphatic heterocycles. The number of aliphatic hydroxyl groups excluding tert-OH is 8. The maximum atomic E-state index is 13.1. The van der Waals surface area contributed by atoms with Crippen LogP contribution in [0.4, 0.5) is 0 Å². The summed E-state index contributed by atoms with van der Waals surface area (Å²) in [6.45, 7) is 5.17. The van der Waals surface area contributed by atoms with Gasteiger partial charge in [0, 0.05) is 0 Å². The highest BCUT2D eigenvalue weighted by Crippen LogP contribution is 2.23. The van der Waals surface area contributed by atoms with Crippen LogP contribution < -0.4 is 5.32 Å². The van der Waals surface area contributed by atoms with Crippen molar-refractivity contribution in [3.8, 4) is 0 Å². The predicted octanol–water partition coefficient (Wildman–Crippen LogP) is 7.59. The summed E-state index contributed by atoms with van der Waals surface area (Å²) in [6, 6.07) is -1.10. The van der Waals surface area contributed by atoms with Gasteiger partial charge in [-0.2, -0.15) is 0 Å². The highest BCUT2D eigenvalue weighted by molar-refractivity contribution is 5.80. The van der Waals surface area contributed by atoms with Crippen LogP contribution in [0.2, 0.25) is 0 Å². The summed E-state index contributed by atoms with van der Waals surface area (Å²) in [5.74, 6) is -0.687. The van der Waals surface area contributed by atoms with Gasteiger partial charge < -0.3 is 55.6 Å². The van der Waals surface area contributed by atoms with E-state index in [0.29, 0.717) is 31.3 Å². The number of allylic oxidation sites excluding steroid dienone is 1. The van der Waals surface area contributed by atoms with E-state index in [2.05, 4.69) is 19.2 Å². The molecule has 12 heteroatoms. The second kappa shape index (κ2) is 37.9. The first-order valence-electron chi connectivity index (χ1n) is 24.8. The Morgan fingerprint density at radius 1 is 0.623 bits per heavy atom. The lowest BCUT2D eigenvalue weighted by molar-refractivity contribution is -0.302. The first kappa shape index (κ1) is 57.6. The lowest BCUT2D eigenvalue weighted by Gasteiger charge is -2.40. The molecule has 10 unspecified atom stereocenters. The van der Waals surface area contributed by atoms with Crippen molar-refractivity contribution in [3.63, 3.8) is 0 Å². The Bertz CT molecular complexity index is 1090. The van der Waals surface area contributed by atoms with Gasteiger partial charge in [0.25, 0.3) is 0 Å². The lowest BCUT2D eigenvalue weighted by Crippen LogP contribution is -2.60. The summed E-state index contributed by atoms with van der Waals surface area (Å²) in [6.07, 6.45) is 25.6. The van der Waals surface area contributed by atoms with E-state index in [9.17, 15) is 45.6 Å². The molecule has 0 aromatic carbocycles. The molecular weight excluding hydrogens is 779 g/mol. The first-order valence-corrected chi connectivity index (χ1v) is 24.8. The average Bonchev–Trinajstić information content (AvgIpc) is 3.25. The molecule has 0 aromatic heterocycles. The molecule has 1 amide bonds. The third kappa shape index (κ3) is 28.2. The van der Waals surface area contributed by atoms with Gasteiger partial charge in [0.1, 0.15) is 30.5 Å². The van der Waals surface area contributed by atoms with E-state index >= 15 is 0 Å². The van der Waals surface area contributed by atoms with Crippen LogP contribution in [0.15, 0.2) is 23.8 Å². The van der Waals surface area contributed by atoms with Gasteiger partial charge in [0.2, 0.25) is 5.91 Å². The molecule has 1 heterocycles. The topological polar surface area (TPSA) is 209 Å². The molecule has 0 radical (unpaired) electrons. The molecular formula is C49H93NO11. The van der Waals surface area contributed by atoms with E-state index in [-0.39, 0.29) is 6.42 Å². The summed E-state index contributed by atoms with van der Waals surface area (Å²) in [5, 5.41) is 85.8. The lowest BCUT2D eigenvalue weighted by atomic mass is 9.99. The Balaban J connectivity index is 2.48. The molecule has 9 N–H and O–H groups in total. The van der Waals surface area contributed by atoms with E-state index in [1.807, 2.05) is 0 Å². The molecule has 12 nitrogen and oxygen atoms in total. The van der Waals surface area contributed by atoms with Gasteiger partial charge in [-0.3, -0.25) is 4.79 Å². The summed E-state index contributed by atoms with van der Waals surface area (Å²) >= 11 is 0. The Morgan fingerprint density at radius 2 is 1.08 bits per heavy atom. The van der Waals surface area contributed by atoms with Crippen LogP contribution in [0.1, 0.15) is 207 Å². The van der Waals surface area contributed by atoms with E-state index in [0.717, 1.165) is 44.9 Å². The molecule has 360 valence electrons. The van der Waals surface area contributed by atoms with Crippen molar-refractivity contribution in [2.75, 3.05) is 13.2 Å². The molecule has 0 aromatic rings. The number of unbranched alkanes of at least 4 members (excludes halogenated alkanes) is 23. The number of rotatable bonds is 40. The molecule has 1 aliphatic rings. The fourth-order valence-electron chi connectivity index (χ4n) is 7.94. The second-order valence-electron chi connectivity index (χ2n) is 17.9. The first-order chi connectivity index (χ1) is 29.5. The van der Waals surface area contributed by atoms with E-state index < -0.39 is 80.3 Å². The van der Waals surface area contributed by atoms with Crippen LogP contribution in [-0.2, 0) is 14.3 Å². The number of aliphatic hydroxyl groups is 8. The molecule has 10 atom stereocenters. The van der Waals surface area contributed by atoms with Crippen LogP contribution in [0.3, 0.4) is 0 Å². The van der Waals surface area contributed by atoms with Crippen LogP contribution in [0.25, 0.3) is 0 Å². The van der Waals surface area contributed by atoms with Crippen LogP contribution in [0, 0.1) is 0 Å². The van der Waals surface area contributed by atoms with Gasteiger partial charge in [0.05, 0.1) is 37.6 Å². The highest BCUT2D eigenvalue weighted by Gasteiger charge is 2.44. The van der Waals surface area contributed by atoms with Crippen LogP contribution in [-0.4, -0.2) is 121 Å². The van der Waals surface area contributed by atoms with Gasteiger partial charge >= 0.3 is 0 Å². The molecule has 0 saturated carbocycles. The van der Waals surface area contributed by atoms with Crippen molar-refractivity contribution < 1.29 is 55.1 Å². The third-order valence-corrected chi connectivity index (χ3v) is 12.2. The van der Waals surface area contributed by atoms with Gasteiger partial charge in [-0.05, 0) is 38.2 Å². The van der Waals surface area contributed by atoms with Crippen molar-refractivity contribution in [2.45, 2.75) is 268 Å². The number of ether oxygens (including phenoxy) is 2. The quantitative estimate of drug-likeness (QED) is 0.0217. The maximum absolute atomic E-state index is 13.1. The van der Waals surface area contributed by atoms with E-state index in [4.69, 9.17) is 9.47 Å². The van der Waals surface area contributed by atoms with Gasteiger partial charge in [-0.15, -0.1) is 0 Å². The normalized spacial score (nSPS) is 22.3. The monoisotopic (exact) mass is 872 g/mol. The Kier molecular flexibility index (Phi) is 35.7. The number of hydrogen-bond donors (Lipinski definition) is 9. The van der Waals surface area contributed by atoms with Gasteiger partial charge in [-0.25, -0.2) is 0 Å². The molecule has 1 saturated heterocycles. The number of amides is 1. The SMILES string of the molecule is CCCCCCCCCCCCCCCCCCCCCCC(O)C(=O)NC(COC1OC(CO)C(O)C(O)C1O)C(O)C=CCCC(O)C(C)=CC(O)CCCCCCC. The number of carbonyl (C=O) groups is 1. The predicted molar refractivity (Wildman–Crippen MR) is 244 cm³/mol. The standard InChI is InChI=1S/C49H93NO11/c1-4-6-8-10-11-12-13-14-15-16-17-18-19-20-21-22-23-24-26-28-34-43(55)48(59)50-40(37-60-49-47(58)46(57)45(56)44(36-51)61-49)42(54)33-30-29-32-41(53)38(3)35-39(52)31-27-25-9-7-5-2/h30,33,35,39-47,49,51-58H,4-29,31-32,34,36-37H2,1-3H3,(H,50,59). The third-order valence-electron chi connectivity index (χ3n) is 12.2. The van der Waals surface area contributed by atoms with E-state index in [1.165, 1.54) is 115 Å². The zero-order valence-electron chi connectivity index (χ0n) is 38.7. The van der Waals surface area contributed by atoms with Crippen LogP contribution in [0.5, 0.6) is 0 Å². The van der Waals surface area contributed by atoms with Crippen molar-refractivity contribution >= 4 is 5.91 Å². The summed E-state index contributed by atoms with van der Waals surface area (Å²) < 4.78 is 11.1. The van der Waals surface area contributed by atoms with Gasteiger partial charge in [0.15, 0.2) is 6.29 Å². The van der Waals surface area contributed by atoms with Crippen molar-refractivity contribution in [3.05, 3.63) is 23.8 Å². The zero-order chi connectivity index (χ0) is 45.1. The summed E-state index contributed by atoms with van der Waals surface area (Å²) in [7, 11) is 0. The Hall–Kier alpha value is -1.45. The largest absolute Gasteiger partial charge is 0.394 e. The highest BCUT2D eigenvalue weighted by atomic mass is 16.7. The summed E-state index contributed by atoms with van der Waals surface area (Å²) in [4.78, 5) is 13.1.